The Morgan fingerprint density at radius 3 is 2.50 bits per heavy atom. The van der Waals surface area contributed by atoms with E-state index in [1.807, 2.05) is 0 Å². The number of aromatic hydroxyl groups is 1. The fraction of sp³-hybridized carbons (Fsp3) is 0.400. The zero-order chi connectivity index (χ0) is 12.5. The van der Waals surface area contributed by atoms with E-state index in [2.05, 4.69) is 0 Å². The second-order valence-electron chi connectivity index (χ2n) is 3.53. The van der Waals surface area contributed by atoms with Crippen molar-refractivity contribution in [3.05, 3.63) is 29.1 Å². The van der Waals surface area contributed by atoms with E-state index in [4.69, 9.17) is 10.8 Å². The van der Waals surface area contributed by atoms with Gasteiger partial charge in [0.05, 0.1) is 0 Å². The van der Waals surface area contributed by atoms with Gasteiger partial charge in [0.15, 0.2) is 11.6 Å². The molecule has 0 aliphatic carbocycles. The van der Waals surface area contributed by atoms with Gasteiger partial charge in [0.1, 0.15) is 12.6 Å². The van der Waals surface area contributed by atoms with Crippen LogP contribution in [0.4, 0.5) is 13.2 Å². The molecular formula is C10H12F3NO2. The first-order chi connectivity index (χ1) is 7.31. The molecule has 1 aromatic carbocycles. The number of rotatable bonds is 3. The molecule has 16 heavy (non-hydrogen) atoms. The van der Waals surface area contributed by atoms with Crippen LogP contribution in [0.1, 0.15) is 17.2 Å². The molecule has 1 atom stereocenters. The molecule has 0 aromatic heterocycles. The van der Waals surface area contributed by atoms with E-state index in [9.17, 15) is 18.3 Å². The van der Waals surface area contributed by atoms with Crippen molar-refractivity contribution in [3.63, 3.8) is 0 Å². The Balaban J connectivity index is 3.20. The van der Waals surface area contributed by atoms with E-state index in [0.717, 1.165) is 6.07 Å². The average molecular weight is 235 g/mol. The van der Waals surface area contributed by atoms with Gasteiger partial charge in [-0.05, 0) is 12.5 Å². The zero-order valence-electron chi connectivity index (χ0n) is 8.54. The van der Waals surface area contributed by atoms with Crippen molar-refractivity contribution in [3.8, 4) is 5.75 Å². The van der Waals surface area contributed by atoms with E-state index in [-0.39, 0.29) is 5.56 Å². The van der Waals surface area contributed by atoms with Crippen LogP contribution in [0.2, 0.25) is 0 Å². The van der Waals surface area contributed by atoms with Gasteiger partial charge in [0.2, 0.25) is 0 Å². The topological polar surface area (TPSA) is 66.5 Å². The lowest BCUT2D eigenvalue weighted by Crippen LogP contribution is -2.36. The van der Waals surface area contributed by atoms with Gasteiger partial charge in [-0.3, -0.25) is 0 Å². The minimum Gasteiger partial charge on any atom is -0.505 e. The van der Waals surface area contributed by atoms with Crippen LogP contribution in [0, 0.1) is 12.7 Å². The van der Waals surface area contributed by atoms with Crippen LogP contribution in [-0.2, 0) is 0 Å². The number of halogens is 3. The highest BCUT2D eigenvalue weighted by molar-refractivity contribution is 5.40. The molecule has 0 saturated carbocycles. The Bertz CT molecular complexity index is 396. The quantitative estimate of drug-likeness (QED) is 0.743. The first-order valence-corrected chi connectivity index (χ1v) is 4.53. The van der Waals surface area contributed by atoms with Crippen LogP contribution < -0.4 is 5.73 Å². The third kappa shape index (κ3) is 2.12. The molecule has 0 bridgehead atoms. The highest BCUT2D eigenvalue weighted by atomic mass is 19.3. The zero-order valence-corrected chi connectivity index (χ0v) is 8.54. The summed E-state index contributed by atoms with van der Waals surface area (Å²) in [7, 11) is 0. The van der Waals surface area contributed by atoms with Crippen LogP contribution in [0.15, 0.2) is 12.1 Å². The van der Waals surface area contributed by atoms with Gasteiger partial charge in [0.25, 0.3) is 5.92 Å². The minimum atomic E-state index is -3.61. The lowest BCUT2D eigenvalue weighted by atomic mass is 9.99. The molecule has 0 amide bonds. The first-order valence-electron chi connectivity index (χ1n) is 4.53. The molecular weight excluding hydrogens is 223 g/mol. The van der Waals surface area contributed by atoms with Crippen molar-refractivity contribution >= 4 is 0 Å². The van der Waals surface area contributed by atoms with Gasteiger partial charge in [-0.25, -0.2) is 13.2 Å². The largest absolute Gasteiger partial charge is 0.505 e. The summed E-state index contributed by atoms with van der Waals surface area (Å²) in [6.07, 6.45) is 0. The van der Waals surface area contributed by atoms with Gasteiger partial charge in [-0.2, -0.15) is 0 Å². The maximum absolute atomic E-state index is 13.2. The van der Waals surface area contributed by atoms with Crippen LogP contribution in [0.3, 0.4) is 0 Å². The standard InChI is InChI=1S/C10H12F3NO2/c1-5-2-3-6(8(16)7(5)11)9(14)10(12,13)4-15/h2-3,9,15-16H,4,14H2,1H3/t9-/m1/s1. The lowest BCUT2D eigenvalue weighted by Gasteiger charge is -2.22. The van der Waals surface area contributed by atoms with Crippen molar-refractivity contribution in [2.24, 2.45) is 5.73 Å². The fourth-order valence-electron chi connectivity index (χ4n) is 1.26. The molecule has 6 heteroatoms. The predicted molar refractivity (Wildman–Crippen MR) is 51.8 cm³/mol. The third-order valence-electron chi connectivity index (χ3n) is 2.34. The van der Waals surface area contributed by atoms with Crippen molar-refractivity contribution in [1.82, 2.24) is 0 Å². The number of phenols is 1. The molecule has 90 valence electrons. The summed E-state index contributed by atoms with van der Waals surface area (Å²) < 4.78 is 39.3. The summed E-state index contributed by atoms with van der Waals surface area (Å²) in [6, 6.07) is 0.396. The summed E-state index contributed by atoms with van der Waals surface area (Å²) >= 11 is 0. The molecule has 1 aromatic rings. The fourth-order valence-corrected chi connectivity index (χ4v) is 1.26. The molecule has 0 heterocycles. The highest BCUT2D eigenvalue weighted by Crippen LogP contribution is 2.35. The number of nitrogens with two attached hydrogens (primary N) is 1. The maximum Gasteiger partial charge on any atom is 0.289 e. The maximum atomic E-state index is 13.2. The van der Waals surface area contributed by atoms with Crippen molar-refractivity contribution < 1.29 is 23.4 Å². The van der Waals surface area contributed by atoms with E-state index in [1.54, 1.807) is 0 Å². The summed E-state index contributed by atoms with van der Waals surface area (Å²) in [5, 5.41) is 17.8. The predicted octanol–water partition coefficient (Wildman–Crippen LogP) is 1.47. The Hall–Kier alpha value is -1.27. The normalized spacial score (nSPS) is 13.9. The molecule has 0 fully saturated rings. The monoisotopic (exact) mass is 235 g/mol. The van der Waals surface area contributed by atoms with Gasteiger partial charge >= 0.3 is 0 Å². The molecule has 0 radical (unpaired) electrons. The molecule has 0 aliphatic rings. The average Bonchev–Trinajstić information content (AvgIpc) is 2.25. The smallest absolute Gasteiger partial charge is 0.289 e. The second kappa shape index (κ2) is 4.31. The molecule has 0 aliphatic heterocycles. The summed E-state index contributed by atoms with van der Waals surface area (Å²) in [4.78, 5) is 0. The Labute approximate surface area is 90.3 Å². The van der Waals surface area contributed by atoms with Crippen molar-refractivity contribution in [1.29, 1.82) is 0 Å². The number of hydrogen-bond donors (Lipinski definition) is 3. The molecule has 0 unspecified atom stereocenters. The Morgan fingerprint density at radius 2 is 2.00 bits per heavy atom. The number of alkyl halides is 2. The third-order valence-corrected chi connectivity index (χ3v) is 2.34. The number of phenolic OH excluding ortho intramolecular Hbond substituents is 1. The number of aryl methyl sites for hydroxylation is 1. The van der Waals surface area contributed by atoms with Crippen LogP contribution in [0.25, 0.3) is 0 Å². The lowest BCUT2D eigenvalue weighted by molar-refractivity contribution is -0.0716. The van der Waals surface area contributed by atoms with Crippen molar-refractivity contribution in [2.75, 3.05) is 6.61 Å². The number of hydrogen-bond acceptors (Lipinski definition) is 3. The molecule has 4 N–H and O–H groups in total. The number of benzene rings is 1. The van der Waals surface area contributed by atoms with E-state index in [0.29, 0.717) is 0 Å². The number of aliphatic hydroxyl groups excluding tert-OH is 1. The summed E-state index contributed by atoms with van der Waals surface area (Å²) in [5.41, 5.74) is 4.86. The SMILES string of the molecule is Cc1ccc([C@@H](N)C(F)(F)CO)c(O)c1F. The molecule has 1 rings (SSSR count). The summed E-state index contributed by atoms with van der Waals surface area (Å²) in [6.45, 7) is -0.0857. The van der Waals surface area contributed by atoms with Gasteiger partial charge in [-0.15, -0.1) is 0 Å². The Morgan fingerprint density at radius 1 is 1.44 bits per heavy atom. The van der Waals surface area contributed by atoms with Gasteiger partial charge in [-0.1, -0.05) is 12.1 Å². The van der Waals surface area contributed by atoms with E-state index < -0.39 is 35.7 Å². The minimum absolute atomic E-state index is 0.126. The van der Waals surface area contributed by atoms with Gasteiger partial charge in [0, 0.05) is 5.56 Å². The van der Waals surface area contributed by atoms with E-state index in [1.165, 1.54) is 13.0 Å². The molecule has 3 nitrogen and oxygen atoms in total. The van der Waals surface area contributed by atoms with Crippen LogP contribution in [0.5, 0.6) is 5.75 Å². The highest BCUT2D eigenvalue weighted by Gasteiger charge is 2.39. The molecule has 0 saturated heterocycles. The summed E-state index contributed by atoms with van der Waals surface area (Å²) in [5.74, 6) is -5.50. The van der Waals surface area contributed by atoms with Gasteiger partial charge < -0.3 is 15.9 Å². The first kappa shape index (κ1) is 12.8. The van der Waals surface area contributed by atoms with Crippen LogP contribution in [-0.4, -0.2) is 22.7 Å². The molecule has 0 spiro atoms. The van der Waals surface area contributed by atoms with E-state index >= 15 is 0 Å². The van der Waals surface area contributed by atoms with Crippen molar-refractivity contribution in [2.45, 2.75) is 18.9 Å². The Kier molecular flexibility index (Phi) is 3.44. The number of aliphatic hydroxyl groups is 1. The van der Waals surface area contributed by atoms with Crippen LogP contribution >= 0.6 is 0 Å². The second-order valence-corrected chi connectivity index (χ2v) is 3.53.